The number of aryl methyl sites for hydroxylation is 1. The van der Waals surface area contributed by atoms with Gasteiger partial charge in [0.15, 0.2) is 0 Å². The minimum absolute atomic E-state index is 0.969. The Morgan fingerprint density at radius 2 is 1.62 bits per heavy atom. The number of benzene rings is 1. The lowest BCUT2D eigenvalue weighted by Gasteiger charge is -2.35. The van der Waals surface area contributed by atoms with E-state index in [4.69, 9.17) is 0 Å². The van der Waals surface area contributed by atoms with Gasteiger partial charge in [-0.3, -0.25) is 0 Å². The fraction of sp³-hybridized carbons (Fsp3) is 0.619. The molecule has 0 bridgehead atoms. The standard InChI is InChI=1S/C21H30/c1-3-17-6-10-19(11-7-17)21-14-12-20(13-15-21)18-8-4-16(2)5-9-18/h4-5,8-9,12,17,19,21H,3,6-7,10-11,13-15H2,1-2H3. The minimum atomic E-state index is 0.969. The van der Waals surface area contributed by atoms with Crippen LogP contribution in [0.15, 0.2) is 30.3 Å². The third kappa shape index (κ3) is 3.59. The summed E-state index contributed by atoms with van der Waals surface area (Å²) in [6.45, 7) is 4.53. The van der Waals surface area contributed by atoms with Gasteiger partial charge in [-0.2, -0.15) is 0 Å². The smallest absolute Gasteiger partial charge is 0.0228 e. The summed E-state index contributed by atoms with van der Waals surface area (Å²) in [7, 11) is 0. The zero-order valence-corrected chi connectivity index (χ0v) is 13.8. The maximum Gasteiger partial charge on any atom is -0.0228 e. The number of hydrogen-bond donors (Lipinski definition) is 0. The fourth-order valence-corrected chi connectivity index (χ4v) is 4.38. The third-order valence-corrected chi connectivity index (χ3v) is 6.01. The van der Waals surface area contributed by atoms with Gasteiger partial charge in [0.05, 0.1) is 0 Å². The third-order valence-electron chi connectivity index (χ3n) is 6.01. The molecule has 1 fully saturated rings. The van der Waals surface area contributed by atoms with Crippen molar-refractivity contribution in [2.24, 2.45) is 17.8 Å². The lowest BCUT2D eigenvalue weighted by atomic mass is 9.70. The Morgan fingerprint density at radius 3 is 2.19 bits per heavy atom. The Bertz CT molecular complexity index is 471. The summed E-state index contributed by atoms with van der Waals surface area (Å²) in [5.74, 6) is 3.02. The zero-order valence-electron chi connectivity index (χ0n) is 13.8. The first-order valence-electron chi connectivity index (χ1n) is 9.02. The molecule has 21 heavy (non-hydrogen) atoms. The largest absolute Gasteiger partial charge is 0.0804 e. The summed E-state index contributed by atoms with van der Waals surface area (Å²) >= 11 is 0. The maximum atomic E-state index is 2.55. The van der Waals surface area contributed by atoms with E-state index >= 15 is 0 Å². The molecule has 0 heteroatoms. The Hall–Kier alpha value is -1.04. The van der Waals surface area contributed by atoms with Crippen LogP contribution in [0.4, 0.5) is 0 Å². The summed E-state index contributed by atoms with van der Waals surface area (Å²) in [6.07, 6.45) is 14.0. The van der Waals surface area contributed by atoms with Crippen LogP contribution in [0.1, 0.15) is 69.4 Å². The maximum absolute atomic E-state index is 2.55. The quantitative estimate of drug-likeness (QED) is 0.602. The summed E-state index contributed by atoms with van der Waals surface area (Å²) in [5, 5.41) is 0. The predicted octanol–water partition coefficient (Wildman–Crippen LogP) is 6.39. The van der Waals surface area contributed by atoms with E-state index in [1.54, 1.807) is 5.57 Å². The lowest BCUT2D eigenvalue weighted by molar-refractivity contribution is 0.192. The Morgan fingerprint density at radius 1 is 0.905 bits per heavy atom. The van der Waals surface area contributed by atoms with Gasteiger partial charge in [0.2, 0.25) is 0 Å². The van der Waals surface area contributed by atoms with Crippen molar-refractivity contribution in [2.45, 2.75) is 65.2 Å². The van der Waals surface area contributed by atoms with Crippen molar-refractivity contribution in [2.75, 3.05) is 0 Å². The van der Waals surface area contributed by atoms with Gasteiger partial charge in [-0.1, -0.05) is 62.1 Å². The summed E-state index contributed by atoms with van der Waals surface area (Å²) in [6, 6.07) is 9.09. The molecule has 0 aromatic heterocycles. The normalized spacial score (nSPS) is 30.0. The molecule has 0 spiro atoms. The van der Waals surface area contributed by atoms with Crippen molar-refractivity contribution in [3.05, 3.63) is 41.5 Å². The van der Waals surface area contributed by atoms with Crippen molar-refractivity contribution in [1.82, 2.24) is 0 Å². The SMILES string of the molecule is CCC1CCC(C2CC=C(c3ccc(C)cc3)CC2)CC1. The van der Waals surface area contributed by atoms with Crippen molar-refractivity contribution in [3.63, 3.8) is 0 Å². The van der Waals surface area contributed by atoms with Crippen LogP contribution in [0.2, 0.25) is 0 Å². The average molecular weight is 282 g/mol. The molecule has 1 atom stereocenters. The van der Waals surface area contributed by atoms with Crippen LogP contribution in [-0.2, 0) is 0 Å². The number of allylic oxidation sites excluding steroid dienone is 2. The second-order valence-corrected chi connectivity index (χ2v) is 7.32. The Labute approximate surface area is 130 Å². The molecule has 1 aromatic rings. The van der Waals surface area contributed by atoms with Gasteiger partial charge in [-0.15, -0.1) is 0 Å². The van der Waals surface area contributed by atoms with Gasteiger partial charge < -0.3 is 0 Å². The molecule has 2 aliphatic carbocycles. The average Bonchev–Trinajstić information content (AvgIpc) is 2.56. The molecule has 1 saturated carbocycles. The van der Waals surface area contributed by atoms with E-state index in [-0.39, 0.29) is 0 Å². The highest BCUT2D eigenvalue weighted by Gasteiger charge is 2.28. The summed E-state index contributed by atoms with van der Waals surface area (Å²) < 4.78 is 0. The fourth-order valence-electron chi connectivity index (χ4n) is 4.38. The first kappa shape index (κ1) is 14.9. The van der Waals surface area contributed by atoms with E-state index in [1.165, 1.54) is 62.5 Å². The second-order valence-electron chi connectivity index (χ2n) is 7.32. The molecule has 1 aromatic carbocycles. The highest BCUT2D eigenvalue weighted by atomic mass is 14.3. The monoisotopic (exact) mass is 282 g/mol. The Balaban J connectivity index is 1.58. The molecular formula is C21H30. The number of hydrogen-bond acceptors (Lipinski definition) is 0. The minimum Gasteiger partial charge on any atom is -0.0804 e. The van der Waals surface area contributed by atoms with Gasteiger partial charge in [0.1, 0.15) is 0 Å². The van der Waals surface area contributed by atoms with E-state index in [9.17, 15) is 0 Å². The van der Waals surface area contributed by atoms with Gasteiger partial charge in [0.25, 0.3) is 0 Å². The summed E-state index contributed by atoms with van der Waals surface area (Å²) in [4.78, 5) is 0. The number of rotatable bonds is 3. The molecular weight excluding hydrogens is 252 g/mol. The molecule has 114 valence electrons. The molecule has 1 unspecified atom stereocenters. The predicted molar refractivity (Wildman–Crippen MR) is 92.2 cm³/mol. The first-order valence-corrected chi connectivity index (χ1v) is 9.02. The van der Waals surface area contributed by atoms with Crippen LogP contribution < -0.4 is 0 Å². The van der Waals surface area contributed by atoms with Crippen LogP contribution in [0.3, 0.4) is 0 Å². The summed E-state index contributed by atoms with van der Waals surface area (Å²) in [5.41, 5.74) is 4.41. The highest BCUT2D eigenvalue weighted by Crippen LogP contribution is 2.41. The molecule has 0 saturated heterocycles. The molecule has 0 aliphatic heterocycles. The Kier molecular flexibility index (Phi) is 4.83. The van der Waals surface area contributed by atoms with Gasteiger partial charge in [0, 0.05) is 0 Å². The first-order chi connectivity index (χ1) is 10.3. The molecule has 0 nitrogen and oxygen atoms in total. The lowest BCUT2D eigenvalue weighted by Crippen LogP contribution is -2.22. The second kappa shape index (κ2) is 6.81. The zero-order chi connectivity index (χ0) is 14.7. The van der Waals surface area contributed by atoms with Crippen molar-refractivity contribution < 1.29 is 0 Å². The van der Waals surface area contributed by atoms with Crippen LogP contribution >= 0.6 is 0 Å². The van der Waals surface area contributed by atoms with Crippen LogP contribution in [-0.4, -0.2) is 0 Å². The van der Waals surface area contributed by atoms with Gasteiger partial charge >= 0.3 is 0 Å². The van der Waals surface area contributed by atoms with E-state index in [2.05, 4.69) is 44.2 Å². The van der Waals surface area contributed by atoms with Crippen molar-refractivity contribution >= 4 is 5.57 Å². The molecule has 3 rings (SSSR count). The topological polar surface area (TPSA) is 0 Å². The van der Waals surface area contributed by atoms with Crippen molar-refractivity contribution in [3.8, 4) is 0 Å². The van der Waals surface area contributed by atoms with Gasteiger partial charge in [-0.25, -0.2) is 0 Å². The molecule has 0 heterocycles. The van der Waals surface area contributed by atoms with Crippen LogP contribution in [0, 0.1) is 24.7 Å². The molecule has 0 N–H and O–H groups in total. The van der Waals surface area contributed by atoms with E-state index in [1.807, 2.05) is 0 Å². The van der Waals surface area contributed by atoms with E-state index in [0.717, 1.165) is 17.8 Å². The van der Waals surface area contributed by atoms with Crippen LogP contribution in [0.5, 0.6) is 0 Å². The van der Waals surface area contributed by atoms with E-state index < -0.39 is 0 Å². The van der Waals surface area contributed by atoms with Crippen molar-refractivity contribution in [1.29, 1.82) is 0 Å². The van der Waals surface area contributed by atoms with Gasteiger partial charge in [-0.05, 0) is 67.9 Å². The highest BCUT2D eigenvalue weighted by molar-refractivity contribution is 5.66. The van der Waals surface area contributed by atoms with E-state index in [0.29, 0.717) is 0 Å². The molecule has 0 amide bonds. The molecule has 2 aliphatic rings. The molecule has 0 radical (unpaired) electrons. The van der Waals surface area contributed by atoms with Crippen LogP contribution in [0.25, 0.3) is 5.57 Å².